The third-order valence-corrected chi connectivity index (χ3v) is 3.88. The van der Waals surface area contributed by atoms with Crippen LogP contribution in [0.4, 0.5) is 5.69 Å². The van der Waals surface area contributed by atoms with Crippen molar-refractivity contribution in [2.45, 2.75) is 6.42 Å². The molecule has 100 valence electrons. The lowest BCUT2D eigenvalue weighted by atomic mass is 10.3. The van der Waals surface area contributed by atoms with Crippen molar-refractivity contribution in [2.75, 3.05) is 11.9 Å². The van der Waals surface area contributed by atoms with Crippen molar-refractivity contribution in [1.82, 2.24) is 4.98 Å². The Morgan fingerprint density at radius 1 is 1.37 bits per heavy atom. The van der Waals surface area contributed by atoms with E-state index in [1.54, 1.807) is 23.6 Å². The maximum absolute atomic E-state index is 12.0. The Balaban J connectivity index is 2.16. The minimum atomic E-state index is -0.338. The van der Waals surface area contributed by atoms with Gasteiger partial charge in [-0.2, -0.15) is 0 Å². The molecule has 0 saturated carbocycles. The predicted molar refractivity (Wildman–Crippen MR) is 79.3 cm³/mol. The Morgan fingerprint density at radius 2 is 2.05 bits per heavy atom. The monoisotopic (exact) mass is 315 g/mol. The Kier molecular flexibility index (Phi) is 4.76. The first-order valence-corrected chi connectivity index (χ1v) is 7.15. The number of para-hydroxylation sites is 1. The van der Waals surface area contributed by atoms with E-state index in [0.717, 1.165) is 5.01 Å². The van der Waals surface area contributed by atoms with Gasteiger partial charge in [-0.1, -0.05) is 29.3 Å². The Labute approximate surface area is 124 Å². The third kappa shape index (κ3) is 3.45. The number of thiazole rings is 1. The number of amides is 1. The summed E-state index contributed by atoms with van der Waals surface area (Å²) in [6, 6.07) is 5.02. The van der Waals surface area contributed by atoms with Gasteiger partial charge in [-0.25, -0.2) is 4.98 Å². The molecule has 2 rings (SSSR count). The fraction of sp³-hybridized carbons (Fsp3) is 0.167. The lowest BCUT2D eigenvalue weighted by molar-refractivity contribution is 0.102. The number of nitrogens with zero attached hydrogens (tertiary/aromatic N) is 1. The molecular weight excluding hydrogens is 305 g/mol. The minimum Gasteiger partial charge on any atom is -0.330 e. The average Bonchev–Trinajstić information content (AvgIpc) is 2.83. The first kappa shape index (κ1) is 14.3. The highest BCUT2D eigenvalue weighted by Gasteiger charge is 2.14. The lowest BCUT2D eigenvalue weighted by Crippen LogP contribution is -2.13. The van der Waals surface area contributed by atoms with Crippen molar-refractivity contribution in [3.05, 3.63) is 44.3 Å². The molecule has 0 unspecified atom stereocenters. The summed E-state index contributed by atoms with van der Waals surface area (Å²) in [5.41, 5.74) is 6.17. The molecule has 1 aromatic heterocycles. The predicted octanol–water partition coefficient (Wildman–Crippen LogP) is 3.20. The molecule has 1 aromatic carbocycles. The van der Waals surface area contributed by atoms with Crippen LogP contribution in [0, 0.1) is 0 Å². The molecule has 2 aromatic rings. The molecule has 0 spiro atoms. The third-order valence-electron chi connectivity index (χ3n) is 2.34. The normalized spacial score (nSPS) is 10.5. The van der Waals surface area contributed by atoms with Crippen LogP contribution in [-0.4, -0.2) is 17.4 Å². The van der Waals surface area contributed by atoms with Gasteiger partial charge in [-0.3, -0.25) is 4.79 Å². The van der Waals surface area contributed by atoms with Crippen molar-refractivity contribution in [2.24, 2.45) is 5.73 Å². The Bertz CT molecular complexity index is 580. The van der Waals surface area contributed by atoms with Crippen LogP contribution in [0.2, 0.25) is 10.0 Å². The summed E-state index contributed by atoms with van der Waals surface area (Å²) in [6.07, 6.45) is 0.658. The van der Waals surface area contributed by atoms with Crippen LogP contribution in [0.25, 0.3) is 0 Å². The van der Waals surface area contributed by atoms with Crippen molar-refractivity contribution in [3.63, 3.8) is 0 Å². The standard InChI is InChI=1S/C12H11Cl2N3OS/c13-7-2-1-3-8(14)11(7)17-12(18)9-6-19-10(16-9)4-5-15/h1-3,6H,4-5,15H2,(H,17,18). The molecule has 7 heteroatoms. The van der Waals surface area contributed by atoms with E-state index < -0.39 is 0 Å². The molecule has 0 aliphatic carbocycles. The molecule has 0 bridgehead atoms. The zero-order valence-corrected chi connectivity index (χ0v) is 12.1. The SMILES string of the molecule is NCCc1nc(C(=O)Nc2c(Cl)cccc2Cl)cs1. The molecule has 1 amide bonds. The maximum atomic E-state index is 12.0. The number of nitrogens with one attached hydrogen (secondary N) is 1. The van der Waals surface area contributed by atoms with E-state index >= 15 is 0 Å². The highest BCUT2D eigenvalue weighted by Crippen LogP contribution is 2.30. The van der Waals surface area contributed by atoms with Crippen LogP contribution in [0.3, 0.4) is 0 Å². The largest absolute Gasteiger partial charge is 0.330 e. The van der Waals surface area contributed by atoms with Crippen molar-refractivity contribution in [1.29, 1.82) is 0 Å². The minimum absolute atomic E-state index is 0.337. The number of hydrogen-bond acceptors (Lipinski definition) is 4. The molecule has 3 N–H and O–H groups in total. The quantitative estimate of drug-likeness (QED) is 0.910. The second-order valence-corrected chi connectivity index (χ2v) is 5.47. The fourth-order valence-corrected chi connectivity index (χ4v) is 2.73. The number of benzene rings is 1. The lowest BCUT2D eigenvalue weighted by Gasteiger charge is -2.07. The smallest absolute Gasteiger partial charge is 0.275 e. The van der Waals surface area contributed by atoms with Crippen LogP contribution in [0.15, 0.2) is 23.6 Å². The molecule has 0 fully saturated rings. The molecule has 0 saturated heterocycles. The summed E-state index contributed by atoms with van der Waals surface area (Å²) >= 11 is 13.4. The van der Waals surface area contributed by atoms with Gasteiger partial charge in [0.2, 0.25) is 0 Å². The Morgan fingerprint density at radius 3 is 2.68 bits per heavy atom. The first-order chi connectivity index (χ1) is 9.11. The van der Waals surface area contributed by atoms with Gasteiger partial charge < -0.3 is 11.1 Å². The van der Waals surface area contributed by atoms with Crippen LogP contribution in [0.5, 0.6) is 0 Å². The van der Waals surface area contributed by atoms with Gasteiger partial charge in [0.25, 0.3) is 5.91 Å². The van der Waals surface area contributed by atoms with E-state index in [0.29, 0.717) is 34.4 Å². The number of rotatable bonds is 4. The van der Waals surface area contributed by atoms with Gasteiger partial charge in [-0.05, 0) is 18.7 Å². The van der Waals surface area contributed by atoms with Gasteiger partial charge in [-0.15, -0.1) is 11.3 Å². The summed E-state index contributed by atoms with van der Waals surface area (Å²) in [4.78, 5) is 16.2. The molecule has 0 atom stereocenters. The first-order valence-electron chi connectivity index (χ1n) is 5.51. The molecule has 0 aliphatic rings. The summed E-state index contributed by atoms with van der Waals surface area (Å²) in [5.74, 6) is -0.338. The van der Waals surface area contributed by atoms with Gasteiger partial charge in [0.15, 0.2) is 0 Å². The van der Waals surface area contributed by atoms with Crippen LogP contribution < -0.4 is 11.1 Å². The van der Waals surface area contributed by atoms with Gasteiger partial charge in [0, 0.05) is 11.8 Å². The highest BCUT2D eigenvalue weighted by molar-refractivity contribution is 7.09. The second kappa shape index (κ2) is 6.34. The maximum Gasteiger partial charge on any atom is 0.275 e. The summed E-state index contributed by atoms with van der Waals surface area (Å²) in [6.45, 7) is 0.505. The number of halogens is 2. The van der Waals surface area contributed by atoms with Crippen molar-refractivity contribution in [3.8, 4) is 0 Å². The summed E-state index contributed by atoms with van der Waals surface area (Å²) in [7, 11) is 0. The second-order valence-electron chi connectivity index (χ2n) is 3.72. The highest BCUT2D eigenvalue weighted by atomic mass is 35.5. The van der Waals surface area contributed by atoms with E-state index in [1.807, 2.05) is 0 Å². The van der Waals surface area contributed by atoms with E-state index in [9.17, 15) is 4.79 Å². The van der Waals surface area contributed by atoms with E-state index in [2.05, 4.69) is 10.3 Å². The number of carbonyl (C=O) groups is 1. The molecular formula is C12H11Cl2N3OS. The van der Waals surface area contributed by atoms with Crippen molar-refractivity contribution < 1.29 is 4.79 Å². The van der Waals surface area contributed by atoms with E-state index in [-0.39, 0.29) is 5.91 Å². The van der Waals surface area contributed by atoms with Crippen molar-refractivity contribution >= 4 is 46.1 Å². The number of carbonyl (C=O) groups excluding carboxylic acids is 1. The van der Waals surface area contributed by atoms with Crippen LogP contribution >= 0.6 is 34.5 Å². The van der Waals surface area contributed by atoms with E-state index in [1.165, 1.54) is 11.3 Å². The number of nitrogens with two attached hydrogens (primary N) is 1. The summed E-state index contributed by atoms with van der Waals surface area (Å²) < 4.78 is 0. The molecule has 4 nitrogen and oxygen atoms in total. The molecule has 1 heterocycles. The zero-order valence-electron chi connectivity index (χ0n) is 9.82. The van der Waals surface area contributed by atoms with Gasteiger partial charge >= 0.3 is 0 Å². The number of hydrogen-bond donors (Lipinski definition) is 2. The van der Waals surface area contributed by atoms with E-state index in [4.69, 9.17) is 28.9 Å². The summed E-state index contributed by atoms with van der Waals surface area (Å²) in [5, 5.41) is 5.95. The van der Waals surface area contributed by atoms with Gasteiger partial charge in [0.1, 0.15) is 5.69 Å². The fourth-order valence-electron chi connectivity index (χ4n) is 1.45. The van der Waals surface area contributed by atoms with Gasteiger partial charge in [0.05, 0.1) is 20.7 Å². The average molecular weight is 316 g/mol. The topological polar surface area (TPSA) is 68.0 Å². The molecule has 19 heavy (non-hydrogen) atoms. The number of aromatic nitrogens is 1. The van der Waals surface area contributed by atoms with Crippen LogP contribution in [-0.2, 0) is 6.42 Å². The van der Waals surface area contributed by atoms with Crippen LogP contribution in [0.1, 0.15) is 15.5 Å². The molecule has 0 aliphatic heterocycles. The Hall–Kier alpha value is -1.14. The number of anilines is 1. The zero-order chi connectivity index (χ0) is 13.8. The molecule has 0 radical (unpaired) electrons.